The van der Waals surface area contributed by atoms with Gasteiger partial charge in [0.2, 0.25) is 0 Å². The number of anilines is 2. The number of aromatic nitrogens is 1. The molecular weight excluding hydrogens is 586 g/mol. The second-order valence-electron chi connectivity index (χ2n) is 9.99. The van der Waals surface area contributed by atoms with Gasteiger partial charge in [0.05, 0.1) is 0 Å². The van der Waals surface area contributed by atoms with Crippen molar-refractivity contribution in [3.8, 4) is 0 Å². The Labute approximate surface area is 245 Å². The molecule has 1 unspecified atom stereocenters. The maximum absolute atomic E-state index is 12.5. The number of carboxylic acid groups (broad SMARTS) is 2. The predicted molar refractivity (Wildman–Crippen MR) is 148 cm³/mol. The van der Waals surface area contributed by atoms with Crippen LogP contribution in [0.4, 0.5) is 37.8 Å². The average Bonchev–Trinajstić information content (AvgIpc) is 2.92. The van der Waals surface area contributed by atoms with Crippen molar-refractivity contribution in [1.82, 2.24) is 9.88 Å². The van der Waals surface area contributed by atoms with E-state index in [2.05, 4.69) is 41.0 Å². The number of carbonyl (C=O) groups excluding carboxylic acids is 1. The van der Waals surface area contributed by atoms with Gasteiger partial charge in [-0.3, -0.25) is 4.79 Å². The zero-order chi connectivity index (χ0) is 33.0. The van der Waals surface area contributed by atoms with Crippen LogP contribution in [-0.4, -0.2) is 83.0 Å². The molecule has 0 saturated carbocycles. The van der Waals surface area contributed by atoms with E-state index in [1.54, 1.807) is 6.20 Å². The molecule has 1 aromatic heterocycles. The topological polar surface area (TPSA) is 123 Å². The van der Waals surface area contributed by atoms with E-state index in [1.165, 1.54) is 13.0 Å². The van der Waals surface area contributed by atoms with E-state index in [-0.39, 0.29) is 5.91 Å². The molecule has 1 aliphatic heterocycles. The van der Waals surface area contributed by atoms with Gasteiger partial charge in [-0.25, -0.2) is 14.6 Å². The Hall–Kier alpha value is -3.88. The summed E-state index contributed by atoms with van der Waals surface area (Å²) in [5.41, 5.74) is 2.53. The molecule has 1 aromatic carbocycles. The van der Waals surface area contributed by atoms with Gasteiger partial charge in [0.25, 0.3) is 5.91 Å². The Morgan fingerprint density at radius 3 is 2.02 bits per heavy atom. The lowest BCUT2D eigenvalue weighted by Crippen LogP contribution is -2.44. The molecule has 0 bridgehead atoms. The molecule has 1 amide bonds. The first kappa shape index (κ1) is 37.1. The van der Waals surface area contributed by atoms with Crippen LogP contribution >= 0.6 is 0 Å². The second kappa shape index (κ2) is 16.7. The standard InChI is InChI=1S/C24H34N4O.2C2HF3O2/c1-5-18(2)17-28-13-10-22(11-14-28)27(4)23-16-21(9-12-25-23)26-24(29)20-8-6-7-19(3)15-20;2*3-2(4,5)1(6)7/h6-9,12,15-16,18,22H,5,10-11,13-14,17H2,1-4H3,(H,25,26,29);2*(H,6,7). The zero-order valence-corrected chi connectivity index (χ0v) is 24.2. The Morgan fingerprint density at radius 2 is 1.56 bits per heavy atom. The van der Waals surface area contributed by atoms with E-state index in [4.69, 9.17) is 19.8 Å². The molecule has 3 N–H and O–H groups in total. The number of alkyl halides is 6. The Balaban J connectivity index is 0.000000548. The molecule has 0 radical (unpaired) electrons. The van der Waals surface area contributed by atoms with Gasteiger partial charge < -0.3 is 25.3 Å². The van der Waals surface area contributed by atoms with Gasteiger partial charge in [-0.2, -0.15) is 26.3 Å². The van der Waals surface area contributed by atoms with Crippen LogP contribution in [0.1, 0.15) is 49.0 Å². The average molecular weight is 623 g/mol. The van der Waals surface area contributed by atoms with Crippen LogP contribution in [0, 0.1) is 12.8 Å². The lowest BCUT2D eigenvalue weighted by Gasteiger charge is -2.38. The molecule has 2 heterocycles. The number of nitrogens with one attached hydrogen (secondary N) is 1. The van der Waals surface area contributed by atoms with Gasteiger partial charge in [-0.1, -0.05) is 38.0 Å². The summed E-state index contributed by atoms with van der Waals surface area (Å²) >= 11 is 0. The molecule has 3 rings (SSSR count). The van der Waals surface area contributed by atoms with Gasteiger partial charge in [0.15, 0.2) is 0 Å². The van der Waals surface area contributed by atoms with E-state index in [9.17, 15) is 31.1 Å². The molecule has 0 spiro atoms. The number of rotatable bonds is 7. The maximum Gasteiger partial charge on any atom is 0.490 e. The molecule has 9 nitrogen and oxygen atoms in total. The molecular formula is C28H36F6N4O5. The second-order valence-corrected chi connectivity index (χ2v) is 9.99. The minimum Gasteiger partial charge on any atom is -0.475 e. The fourth-order valence-corrected chi connectivity index (χ4v) is 3.92. The van der Waals surface area contributed by atoms with Crippen molar-refractivity contribution in [3.63, 3.8) is 0 Å². The number of hydrogen-bond donors (Lipinski definition) is 3. The van der Waals surface area contributed by atoms with E-state index < -0.39 is 24.3 Å². The van der Waals surface area contributed by atoms with Crippen LogP contribution in [0.25, 0.3) is 0 Å². The summed E-state index contributed by atoms with van der Waals surface area (Å²) in [6.07, 6.45) is -4.86. The van der Waals surface area contributed by atoms with Gasteiger partial charge in [-0.15, -0.1) is 0 Å². The van der Waals surface area contributed by atoms with Crippen LogP contribution < -0.4 is 10.2 Å². The summed E-state index contributed by atoms with van der Waals surface area (Å²) in [6, 6.07) is 11.9. The number of nitrogens with zero attached hydrogens (tertiary/aromatic N) is 3. The molecule has 43 heavy (non-hydrogen) atoms. The molecule has 1 atom stereocenters. The number of amides is 1. The highest BCUT2D eigenvalue weighted by atomic mass is 19.4. The third-order valence-electron chi connectivity index (χ3n) is 6.50. The Bertz CT molecular complexity index is 1180. The number of hydrogen-bond acceptors (Lipinski definition) is 6. The normalized spacial score (nSPS) is 14.7. The van der Waals surface area contributed by atoms with E-state index in [0.29, 0.717) is 11.6 Å². The SMILES string of the molecule is CCC(C)CN1CCC(N(C)c2cc(NC(=O)c3cccc(C)c3)ccn2)CC1.O=C(O)C(F)(F)F.O=C(O)C(F)(F)F. The summed E-state index contributed by atoms with van der Waals surface area (Å²) in [6.45, 7) is 10.1. The molecule has 1 saturated heterocycles. The molecule has 1 fully saturated rings. The molecule has 0 aliphatic carbocycles. The van der Waals surface area contributed by atoms with Crippen molar-refractivity contribution in [3.05, 3.63) is 53.7 Å². The van der Waals surface area contributed by atoms with Crippen molar-refractivity contribution < 1.29 is 50.9 Å². The van der Waals surface area contributed by atoms with Crippen LogP contribution in [0.15, 0.2) is 42.6 Å². The Morgan fingerprint density at radius 1 is 1.02 bits per heavy atom. The molecule has 1 aliphatic rings. The number of likely N-dealkylation sites (tertiary alicyclic amines) is 1. The van der Waals surface area contributed by atoms with E-state index >= 15 is 0 Å². The maximum atomic E-state index is 12.5. The van der Waals surface area contributed by atoms with Crippen molar-refractivity contribution in [1.29, 1.82) is 0 Å². The number of carbonyl (C=O) groups is 3. The third-order valence-corrected chi connectivity index (χ3v) is 6.50. The quantitative estimate of drug-likeness (QED) is 0.329. The lowest BCUT2D eigenvalue weighted by molar-refractivity contribution is -0.193. The highest BCUT2D eigenvalue weighted by molar-refractivity contribution is 6.04. The van der Waals surface area contributed by atoms with Crippen LogP contribution in [0.3, 0.4) is 0 Å². The molecule has 240 valence electrons. The van der Waals surface area contributed by atoms with Gasteiger partial charge >= 0.3 is 24.3 Å². The fraction of sp³-hybridized carbons (Fsp3) is 0.500. The van der Waals surface area contributed by atoms with Crippen molar-refractivity contribution in [2.45, 2.75) is 58.4 Å². The number of pyridine rings is 1. The van der Waals surface area contributed by atoms with Crippen molar-refractivity contribution in [2.75, 3.05) is 36.9 Å². The molecule has 2 aromatic rings. The van der Waals surface area contributed by atoms with Crippen LogP contribution in [-0.2, 0) is 9.59 Å². The van der Waals surface area contributed by atoms with Gasteiger partial charge in [0.1, 0.15) is 5.82 Å². The number of benzene rings is 1. The highest BCUT2D eigenvalue weighted by Gasteiger charge is 2.38. The molecule has 15 heteroatoms. The van der Waals surface area contributed by atoms with Gasteiger partial charge in [-0.05, 0) is 43.9 Å². The third kappa shape index (κ3) is 13.8. The first-order chi connectivity index (χ1) is 19.8. The summed E-state index contributed by atoms with van der Waals surface area (Å²) < 4.78 is 63.5. The first-order valence-corrected chi connectivity index (χ1v) is 13.2. The van der Waals surface area contributed by atoms with E-state index in [1.807, 2.05) is 43.3 Å². The van der Waals surface area contributed by atoms with Crippen LogP contribution in [0.2, 0.25) is 0 Å². The minimum atomic E-state index is -5.08. The number of aliphatic carboxylic acids is 2. The highest BCUT2D eigenvalue weighted by Crippen LogP contribution is 2.24. The summed E-state index contributed by atoms with van der Waals surface area (Å²) in [4.78, 5) is 39.7. The monoisotopic (exact) mass is 622 g/mol. The number of halogens is 6. The zero-order valence-electron chi connectivity index (χ0n) is 24.2. The number of carboxylic acids is 2. The van der Waals surface area contributed by atoms with E-state index in [0.717, 1.165) is 48.9 Å². The first-order valence-electron chi connectivity index (χ1n) is 13.2. The van der Waals surface area contributed by atoms with Crippen molar-refractivity contribution >= 4 is 29.4 Å². The summed E-state index contributed by atoms with van der Waals surface area (Å²) in [5.74, 6) is -3.93. The summed E-state index contributed by atoms with van der Waals surface area (Å²) in [7, 11) is 2.11. The predicted octanol–water partition coefficient (Wildman–Crippen LogP) is 5.86. The van der Waals surface area contributed by atoms with Crippen molar-refractivity contribution in [2.24, 2.45) is 5.92 Å². The Kier molecular flexibility index (Phi) is 14.4. The smallest absolute Gasteiger partial charge is 0.475 e. The minimum absolute atomic E-state index is 0.0909. The lowest BCUT2D eigenvalue weighted by atomic mass is 10.0. The van der Waals surface area contributed by atoms with Gasteiger partial charge in [0, 0.05) is 56.2 Å². The number of aryl methyl sites for hydroxylation is 1. The largest absolute Gasteiger partial charge is 0.490 e. The number of piperidine rings is 1. The fourth-order valence-electron chi connectivity index (χ4n) is 3.92. The van der Waals surface area contributed by atoms with Crippen LogP contribution in [0.5, 0.6) is 0 Å². The summed E-state index contributed by atoms with van der Waals surface area (Å²) in [5, 5.41) is 17.3.